The highest BCUT2D eigenvalue weighted by molar-refractivity contribution is 7.26. The first-order valence-corrected chi connectivity index (χ1v) is 23.2. The van der Waals surface area contributed by atoms with Gasteiger partial charge in [0.05, 0.1) is 11.4 Å². The smallest absolute Gasteiger partial charge is 0.376 e. The quantitative estimate of drug-likeness (QED) is 0.166. The van der Waals surface area contributed by atoms with E-state index in [1.54, 1.807) is 0 Å². The van der Waals surface area contributed by atoms with E-state index >= 15 is 0 Å². The first-order chi connectivity index (χ1) is 31.0. The molecule has 308 valence electrons. The van der Waals surface area contributed by atoms with Crippen molar-refractivity contribution in [2.24, 2.45) is 0 Å². The van der Waals surface area contributed by atoms with E-state index < -0.39 is 0 Å². The molecule has 8 aromatic carbocycles. The van der Waals surface area contributed by atoms with E-state index in [1.165, 1.54) is 53.6 Å². The maximum atomic E-state index is 7.40. The van der Waals surface area contributed by atoms with E-state index in [2.05, 4.69) is 215 Å². The standard InChI is InChI=1S/C58H45BN2O2S/c1-57(2,3)35-24-27-37(28-25-35)61-53-41(29-31-49-50(53)40-20-12-15-23-48(40)64-49)51-52-45(33-43-38-18-10-13-21-46(38)62-55(43)51)60(54-39-19-11-14-22-47(39)63-56(54)59(52)61)44-30-26-36(58(4,5)6)32-42(44)34-16-8-7-9-17-34/h7-33H,1-6H3. The van der Waals surface area contributed by atoms with E-state index in [0.29, 0.717) is 0 Å². The number of para-hydroxylation sites is 2. The van der Waals surface area contributed by atoms with Crippen molar-refractivity contribution in [3.05, 3.63) is 175 Å². The lowest BCUT2D eigenvalue weighted by Gasteiger charge is -2.44. The molecule has 0 fully saturated rings. The summed E-state index contributed by atoms with van der Waals surface area (Å²) in [7, 11) is 0. The van der Waals surface area contributed by atoms with E-state index in [0.717, 1.165) is 72.4 Å². The third-order valence-corrected chi connectivity index (χ3v) is 14.9. The van der Waals surface area contributed by atoms with Crippen molar-refractivity contribution in [1.29, 1.82) is 0 Å². The summed E-state index contributed by atoms with van der Waals surface area (Å²) in [5.74, 6) is 0. The first kappa shape index (κ1) is 37.5. The van der Waals surface area contributed by atoms with Crippen molar-refractivity contribution in [2.45, 2.75) is 52.4 Å². The number of furan rings is 2. The van der Waals surface area contributed by atoms with Crippen molar-refractivity contribution in [3.8, 4) is 22.3 Å². The Morgan fingerprint density at radius 2 is 1.16 bits per heavy atom. The van der Waals surface area contributed by atoms with Crippen LogP contribution in [0.3, 0.4) is 0 Å². The molecule has 3 aromatic heterocycles. The summed E-state index contributed by atoms with van der Waals surface area (Å²) in [6, 6.07) is 60.3. The van der Waals surface area contributed by atoms with Gasteiger partial charge in [0.2, 0.25) is 0 Å². The number of benzene rings is 8. The molecule has 5 heterocycles. The molecule has 2 aliphatic rings. The Balaban J connectivity index is 1.23. The number of hydrogen-bond acceptors (Lipinski definition) is 5. The van der Waals surface area contributed by atoms with Crippen LogP contribution in [0.25, 0.3) is 75.3 Å². The lowest BCUT2D eigenvalue weighted by molar-refractivity contribution is 0.590. The molecule has 0 N–H and O–H groups in total. The Hall–Kier alpha value is -7.02. The van der Waals surface area contributed by atoms with Crippen LogP contribution in [0.2, 0.25) is 0 Å². The summed E-state index contributed by atoms with van der Waals surface area (Å²) in [6.07, 6.45) is 0. The molecule has 0 atom stereocenters. The number of rotatable bonds is 3. The minimum Gasteiger partial charge on any atom is -0.466 e. The minimum atomic E-state index is -0.340. The average molecular weight is 845 g/mol. The van der Waals surface area contributed by atoms with Crippen LogP contribution in [0.4, 0.5) is 28.4 Å². The number of nitrogens with zero attached hydrogens (tertiary/aromatic N) is 2. The average Bonchev–Trinajstić information content (AvgIpc) is 4.00. The Kier molecular flexibility index (Phi) is 7.78. The highest BCUT2D eigenvalue weighted by Crippen LogP contribution is 2.56. The van der Waals surface area contributed by atoms with Crippen LogP contribution in [-0.4, -0.2) is 6.85 Å². The van der Waals surface area contributed by atoms with Crippen LogP contribution >= 0.6 is 11.3 Å². The van der Waals surface area contributed by atoms with Crippen LogP contribution in [0.1, 0.15) is 52.7 Å². The van der Waals surface area contributed by atoms with Gasteiger partial charge in [-0.15, -0.1) is 11.3 Å². The minimum absolute atomic E-state index is 0.00191. The van der Waals surface area contributed by atoms with Crippen LogP contribution in [-0.2, 0) is 10.8 Å². The summed E-state index contributed by atoms with van der Waals surface area (Å²) in [6.45, 7) is 13.4. The second kappa shape index (κ2) is 13.3. The topological polar surface area (TPSA) is 32.8 Å². The second-order valence-electron chi connectivity index (χ2n) is 19.7. The van der Waals surface area contributed by atoms with Gasteiger partial charge in [-0.3, -0.25) is 0 Å². The molecular weight excluding hydrogens is 800 g/mol. The molecule has 6 heteroatoms. The zero-order valence-corrected chi connectivity index (χ0v) is 37.6. The predicted octanol–water partition coefficient (Wildman–Crippen LogP) is 15.7. The summed E-state index contributed by atoms with van der Waals surface area (Å²) >= 11 is 1.86. The number of anilines is 5. The van der Waals surface area contributed by atoms with Gasteiger partial charge in [0.15, 0.2) is 0 Å². The predicted molar refractivity (Wildman–Crippen MR) is 273 cm³/mol. The summed E-state index contributed by atoms with van der Waals surface area (Å²) in [4.78, 5) is 5.12. The molecule has 0 aliphatic carbocycles. The van der Waals surface area contributed by atoms with Gasteiger partial charge in [-0.05, 0) is 93.6 Å². The summed E-state index contributed by atoms with van der Waals surface area (Å²) < 4.78 is 17.1. The van der Waals surface area contributed by atoms with Gasteiger partial charge in [0.25, 0.3) is 0 Å². The molecule has 0 amide bonds. The van der Waals surface area contributed by atoms with Crippen LogP contribution in [0, 0.1) is 0 Å². The van der Waals surface area contributed by atoms with Crippen molar-refractivity contribution in [3.63, 3.8) is 0 Å². The monoisotopic (exact) mass is 844 g/mol. The van der Waals surface area contributed by atoms with E-state index in [-0.39, 0.29) is 17.7 Å². The van der Waals surface area contributed by atoms with Gasteiger partial charge in [-0.1, -0.05) is 145 Å². The van der Waals surface area contributed by atoms with Gasteiger partial charge in [0.1, 0.15) is 22.4 Å². The fourth-order valence-corrected chi connectivity index (χ4v) is 11.7. The molecule has 64 heavy (non-hydrogen) atoms. The van der Waals surface area contributed by atoms with Crippen LogP contribution in [0.5, 0.6) is 0 Å². The van der Waals surface area contributed by atoms with E-state index in [4.69, 9.17) is 8.83 Å². The van der Waals surface area contributed by atoms with Crippen molar-refractivity contribution in [1.82, 2.24) is 0 Å². The van der Waals surface area contributed by atoms with Crippen molar-refractivity contribution < 1.29 is 8.83 Å². The molecular formula is C58H45BN2O2S. The first-order valence-electron chi connectivity index (χ1n) is 22.4. The van der Waals surface area contributed by atoms with Gasteiger partial charge in [-0.25, -0.2) is 0 Å². The molecule has 0 saturated carbocycles. The molecule has 11 aromatic rings. The van der Waals surface area contributed by atoms with Gasteiger partial charge in [0, 0.05) is 70.1 Å². The lowest BCUT2D eigenvalue weighted by atomic mass is 9.45. The highest BCUT2D eigenvalue weighted by Gasteiger charge is 2.50. The molecule has 2 aliphatic heterocycles. The van der Waals surface area contributed by atoms with Crippen molar-refractivity contribution >= 4 is 111 Å². The highest BCUT2D eigenvalue weighted by atomic mass is 32.1. The zero-order chi connectivity index (χ0) is 43.2. The molecule has 4 nitrogen and oxygen atoms in total. The third kappa shape index (κ3) is 5.29. The van der Waals surface area contributed by atoms with Crippen LogP contribution < -0.4 is 20.8 Å². The van der Waals surface area contributed by atoms with E-state index in [9.17, 15) is 0 Å². The molecule has 0 bridgehead atoms. The SMILES string of the molecule is CC(C)(C)c1ccc(N2B3c4oc5ccccc5c4N(c4ccc(C(C)(C)C)cc4-c4ccccc4)c4cc5c(oc6ccccc65)c(c43)-c3ccc4sc5ccccc5c4c32)cc1. The largest absolute Gasteiger partial charge is 0.466 e. The Bertz CT molecular complexity index is 3710. The maximum absolute atomic E-state index is 7.40. The zero-order valence-electron chi connectivity index (χ0n) is 36.8. The van der Waals surface area contributed by atoms with Crippen molar-refractivity contribution in [2.75, 3.05) is 9.71 Å². The summed E-state index contributed by atoms with van der Waals surface area (Å²) in [5, 5.41) is 5.79. The fourth-order valence-electron chi connectivity index (χ4n) is 10.6. The Morgan fingerprint density at radius 1 is 0.500 bits per heavy atom. The number of fused-ring (bicyclic) bond motifs is 14. The number of hydrogen-bond donors (Lipinski definition) is 0. The Morgan fingerprint density at radius 3 is 1.91 bits per heavy atom. The Labute approximate surface area is 377 Å². The second-order valence-corrected chi connectivity index (χ2v) is 20.7. The normalized spacial score (nSPS) is 13.7. The molecule has 0 radical (unpaired) electrons. The van der Waals surface area contributed by atoms with E-state index in [1.807, 2.05) is 11.3 Å². The third-order valence-electron chi connectivity index (χ3n) is 13.8. The lowest BCUT2D eigenvalue weighted by Crippen LogP contribution is -2.61. The number of thiophene rings is 1. The molecule has 0 unspecified atom stereocenters. The molecule has 0 spiro atoms. The van der Waals surface area contributed by atoms with Gasteiger partial charge >= 0.3 is 6.85 Å². The summed E-state index contributed by atoms with van der Waals surface area (Å²) in [5.41, 5.74) is 17.4. The van der Waals surface area contributed by atoms with Gasteiger partial charge in [-0.2, -0.15) is 0 Å². The maximum Gasteiger partial charge on any atom is 0.376 e. The molecule has 0 saturated heterocycles. The van der Waals surface area contributed by atoms with Crippen LogP contribution in [0.15, 0.2) is 173 Å². The molecule has 13 rings (SSSR count). The fraction of sp³-hybridized carbons (Fsp3) is 0.138. The van der Waals surface area contributed by atoms with Gasteiger partial charge < -0.3 is 18.5 Å².